The van der Waals surface area contributed by atoms with Crippen molar-refractivity contribution in [3.8, 4) is 0 Å². The Hall–Kier alpha value is -1.52. The van der Waals surface area contributed by atoms with E-state index < -0.39 is 0 Å². The Labute approximate surface area is 118 Å². The average Bonchev–Trinajstić information content (AvgIpc) is 2.45. The molecule has 0 radical (unpaired) electrons. The van der Waals surface area contributed by atoms with Gasteiger partial charge in [0.2, 0.25) is 5.91 Å². The maximum Gasteiger partial charge on any atom is 0.234 e. The van der Waals surface area contributed by atoms with Gasteiger partial charge >= 0.3 is 0 Å². The van der Waals surface area contributed by atoms with Crippen molar-refractivity contribution in [1.29, 1.82) is 0 Å². The van der Waals surface area contributed by atoms with Gasteiger partial charge in [0.25, 0.3) is 0 Å². The zero-order chi connectivity index (χ0) is 13.5. The molecule has 1 atom stereocenters. The highest BCUT2D eigenvalue weighted by Crippen LogP contribution is 2.24. The monoisotopic (exact) mass is 274 g/mol. The fourth-order valence-electron chi connectivity index (χ4n) is 1.86. The first-order chi connectivity index (χ1) is 9.29. The average molecular weight is 274 g/mol. The van der Waals surface area contributed by atoms with Gasteiger partial charge < -0.3 is 0 Å². The van der Waals surface area contributed by atoms with Gasteiger partial charge in [-0.1, -0.05) is 36.4 Å². The second kappa shape index (κ2) is 7.16. The molecule has 1 aliphatic rings. The van der Waals surface area contributed by atoms with Crippen LogP contribution in [-0.4, -0.2) is 17.7 Å². The highest BCUT2D eigenvalue weighted by molar-refractivity contribution is 7.99. The molecule has 0 aliphatic carbocycles. The van der Waals surface area contributed by atoms with E-state index in [1.165, 1.54) is 10.5 Å². The maximum absolute atomic E-state index is 11.0. The Balaban J connectivity index is 2.01. The maximum atomic E-state index is 11.0. The van der Waals surface area contributed by atoms with Crippen molar-refractivity contribution in [1.82, 2.24) is 10.9 Å². The molecule has 1 fully saturated rings. The molecular formula is C15H18N2OS. The van der Waals surface area contributed by atoms with Crippen LogP contribution >= 0.6 is 11.8 Å². The molecule has 2 rings (SSSR count). The molecule has 0 bridgehead atoms. The number of amides is 1. The summed E-state index contributed by atoms with van der Waals surface area (Å²) in [4.78, 5) is 12.3. The summed E-state index contributed by atoms with van der Waals surface area (Å²) in [5.41, 5.74) is 6.85. The van der Waals surface area contributed by atoms with Gasteiger partial charge in [0.05, 0.1) is 0 Å². The Morgan fingerprint density at radius 2 is 2.26 bits per heavy atom. The normalized spacial score (nSPS) is 19.4. The quantitative estimate of drug-likeness (QED) is 0.641. The molecule has 1 aromatic rings. The van der Waals surface area contributed by atoms with E-state index in [0.29, 0.717) is 6.42 Å². The highest BCUT2D eigenvalue weighted by atomic mass is 32.2. The summed E-state index contributed by atoms with van der Waals surface area (Å²) in [5.74, 6) is 0.967. The molecule has 1 amide bonds. The van der Waals surface area contributed by atoms with E-state index in [9.17, 15) is 4.79 Å². The standard InChI is InChI=1S/C15H18N2OS/c1-2-11-19-14-6-4-3-5-12(14)7-8-13-9-10-15(18)17-16-13/h2-8,13,16H,1,9-11H2,(H,17,18)/b8-7+. The van der Waals surface area contributed by atoms with Crippen LogP contribution in [0.15, 0.2) is 47.9 Å². The number of hydrogen-bond acceptors (Lipinski definition) is 3. The number of carbonyl (C=O) groups excluding carboxylic acids is 1. The van der Waals surface area contributed by atoms with Crippen molar-refractivity contribution in [2.45, 2.75) is 23.8 Å². The third-order valence-corrected chi connectivity index (χ3v) is 3.95. The second-order valence-corrected chi connectivity index (χ2v) is 5.40. The van der Waals surface area contributed by atoms with Crippen LogP contribution < -0.4 is 10.9 Å². The minimum atomic E-state index is 0.0617. The summed E-state index contributed by atoms with van der Waals surface area (Å²) < 4.78 is 0. The van der Waals surface area contributed by atoms with Gasteiger partial charge in [-0.2, -0.15) is 0 Å². The number of carbonyl (C=O) groups is 1. The molecule has 0 saturated carbocycles. The highest BCUT2D eigenvalue weighted by Gasteiger charge is 2.14. The fraction of sp³-hybridized carbons (Fsp3) is 0.267. The number of thioether (sulfide) groups is 1. The summed E-state index contributed by atoms with van der Waals surface area (Å²) in [7, 11) is 0. The zero-order valence-corrected chi connectivity index (χ0v) is 11.6. The lowest BCUT2D eigenvalue weighted by atomic mass is 10.1. The Morgan fingerprint density at radius 3 is 3.00 bits per heavy atom. The fourth-order valence-corrected chi connectivity index (χ4v) is 2.63. The molecule has 2 N–H and O–H groups in total. The van der Waals surface area contributed by atoms with Crippen LogP contribution in [0.2, 0.25) is 0 Å². The van der Waals surface area contributed by atoms with Gasteiger partial charge in [-0.05, 0) is 18.1 Å². The number of nitrogens with one attached hydrogen (secondary N) is 2. The lowest BCUT2D eigenvalue weighted by Gasteiger charge is -2.20. The molecule has 1 heterocycles. The van der Waals surface area contributed by atoms with Crippen molar-refractivity contribution >= 4 is 23.7 Å². The van der Waals surface area contributed by atoms with Gasteiger partial charge in [0, 0.05) is 23.1 Å². The molecule has 4 heteroatoms. The smallest absolute Gasteiger partial charge is 0.234 e. The van der Waals surface area contributed by atoms with E-state index in [1.807, 2.05) is 18.2 Å². The first-order valence-corrected chi connectivity index (χ1v) is 7.33. The number of rotatable bonds is 5. The summed E-state index contributed by atoms with van der Waals surface area (Å²) in [6, 6.07) is 8.50. The van der Waals surface area contributed by atoms with Crippen LogP contribution in [0.4, 0.5) is 0 Å². The largest absolute Gasteiger partial charge is 0.291 e. The number of hydrazine groups is 1. The third kappa shape index (κ3) is 4.26. The van der Waals surface area contributed by atoms with Crippen molar-refractivity contribution in [3.63, 3.8) is 0 Å². The van der Waals surface area contributed by atoms with Crippen LogP contribution in [0.25, 0.3) is 6.08 Å². The van der Waals surface area contributed by atoms with Gasteiger partial charge in [0.15, 0.2) is 0 Å². The van der Waals surface area contributed by atoms with Crippen LogP contribution in [0.3, 0.4) is 0 Å². The molecule has 100 valence electrons. The number of benzene rings is 1. The zero-order valence-electron chi connectivity index (χ0n) is 10.8. The SMILES string of the molecule is C=CCSc1ccccc1/C=C/C1CCC(=O)NN1. The molecule has 1 saturated heterocycles. The van der Waals surface area contributed by atoms with E-state index in [2.05, 4.69) is 41.7 Å². The van der Waals surface area contributed by atoms with Crippen LogP contribution in [0, 0.1) is 0 Å². The minimum Gasteiger partial charge on any atom is -0.291 e. The molecule has 1 aliphatic heterocycles. The van der Waals surface area contributed by atoms with Crippen LogP contribution in [0.1, 0.15) is 18.4 Å². The van der Waals surface area contributed by atoms with Gasteiger partial charge in [0.1, 0.15) is 0 Å². The van der Waals surface area contributed by atoms with E-state index in [1.54, 1.807) is 11.8 Å². The van der Waals surface area contributed by atoms with Gasteiger partial charge in [-0.15, -0.1) is 18.3 Å². The second-order valence-electron chi connectivity index (χ2n) is 4.33. The van der Waals surface area contributed by atoms with E-state index in [-0.39, 0.29) is 11.9 Å². The lowest BCUT2D eigenvalue weighted by molar-refractivity contribution is -0.123. The van der Waals surface area contributed by atoms with E-state index >= 15 is 0 Å². The van der Waals surface area contributed by atoms with Crippen molar-refractivity contribution in [2.24, 2.45) is 0 Å². The van der Waals surface area contributed by atoms with Crippen molar-refractivity contribution < 1.29 is 4.79 Å². The Morgan fingerprint density at radius 1 is 1.42 bits per heavy atom. The predicted octanol–water partition coefficient (Wildman–Crippen LogP) is 2.76. The Bertz CT molecular complexity index is 475. The molecule has 0 aromatic heterocycles. The summed E-state index contributed by atoms with van der Waals surface area (Å²) >= 11 is 1.77. The van der Waals surface area contributed by atoms with E-state index in [4.69, 9.17) is 0 Å². The molecule has 1 unspecified atom stereocenters. The Kier molecular flexibility index (Phi) is 5.24. The van der Waals surface area contributed by atoms with Crippen LogP contribution in [-0.2, 0) is 4.79 Å². The van der Waals surface area contributed by atoms with Crippen molar-refractivity contribution in [2.75, 3.05) is 5.75 Å². The molecule has 19 heavy (non-hydrogen) atoms. The van der Waals surface area contributed by atoms with Crippen molar-refractivity contribution in [3.05, 3.63) is 48.6 Å². The third-order valence-electron chi connectivity index (χ3n) is 2.86. The topological polar surface area (TPSA) is 41.1 Å². The summed E-state index contributed by atoms with van der Waals surface area (Å²) in [6.45, 7) is 3.74. The molecule has 1 aromatic carbocycles. The lowest BCUT2D eigenvalue weighted by Crippen LogP contribution is -2.48. The molecular weight excluding hydrogens is 256 g/mol. The minimum absolute atomic E-state index is 0.0617. The van der Waals surface area contributed by atoms with Crippen LogP contribution in [0.5, 0.6) is 0 Å². The summed E-state index contributed by atoms with van der Waals surface area (Å²) in [5, 5.41) is 0. The van der Waals surface area contributed by atoms with Gasteiger partial charge in [-0.3, -0.25) is 10.2 Å². The van der Waals surface area contributed by atoms with E-state index in [0.717, 1.165) is 12.2 Å². The number of hydrogen-bond donors (Lipinski definition) is 2. The molecule has 0 spiro atoms. The molecule has 3 nitrogen and oxygen atoms in total. The first-order valence-electron chi connectivity index (χ1n) is 6.35. The van der Waals surface area contributed by atoms with Gasteiger partial charge in [-0.25, -0.2) is 5.43 Å². The predicted molar refractivity (Wildman–Crippen MR) is 80.7 cm³/mol. The summed E-state index contributed by atoms with van der Waals surface area (Å²) in [6.07, 6.45) is 7.54. The first kappa shape index (κ1) is 13.9.